The van der Waals surface area contributed by atoms with Gasteiger partial charge in [-0.2, -0.15) is 5.26 Å². The number of hydrogen-bond donors (Lipinski definition) is 1. The Hall–Kier alpha value is -2.41. The van der Waals surface area contributed by atoms with Crippen LogP contribution in [0.15, 0.2) is 36.8 Å². The maximum absolute atomic E-state index is 8.84. The molecule has 0 spiro atoms. The number of hydrogen-bond acceptors (Lipinski definition) is 4. The summed E-state index contributed by atoms with van der Waals surface area (Å²) in [7, 11) is 0. The molecule has 0 aliphatic heterocycles. The van der Waals surface area contributed by atoms with Crippen molar-refractivity contribution in [3.8, 4) is 6.07 Å². The first kappa shape index (κ1) is 11.1. The number of rotatable bonds is 3. The highest BCUT2D eigenvalue weighted by Gasteiger charge is 2.00. The van der Waals surface area contributed by atoms with Crippen LogP contribution in [0.5, 0.6) is 0 Å². The van der Waals surface area contributed by atoms with Crippen molar-refractivity contribution in [1.29, 1.82) is 5.26 Å². The molecular weight excluding hydrogens is 212 g/mol. The lowest BCUT2D eigenvalue weighted by molar-refractivity contribution is 1.01. The van der Waals surface area contributed by atoms with Crippen molar-refractivity contribution >= 4 is 5.69 Å². The van der Waals surface area contributed by atoms with Gasteiger partial charge in [0.15, 0.2) is 0 Å². The van der Waals surface area contributed by atoms with Gasteiger partial charge in [0.05, 0.1) is 30.1 Å². The lowest BCUT2D eigenvalue weighted by atomic mass is 10.1. The number of nitriles is 1. The molecule has 1 heterocycles. The number of benzene rings is 1. The maximum atomic E-state index is 8.84. The van der Waals surface area contributed by atoms with Crippen LogP contribution >= 0.6 is 0 Å². The highest BCUT2D eigenvalue weighted by molar-refractivity contribution is 5.55. The van der Waals surface area contributed by atoms with Gasteiger partial charge in [-0.25, -0.2) is 0 Å². The summed E-state index contributed by atoms with van der Waals surface area (Å²) >= 11 is 0. The molecule has 0 saturated carbocycles. The molecule has 0 atom stereocenters. The Morgan fingerprint density at radius 1 is 1.35 bits per heavy atom. The smallest absolute Gasteiger partial charge is 0.0992 e. The molecular formula is C13H12N4. The van der Waals surface area contributed by atoms with Gasteiger partial charge in [-0.15, -0.1) is 0 Å². The molecule has 0 aliphatic rings. The molecule has 0 saturated heterocycles. The van der Waals surface area contributed by atoms with Crippen LogP contribution in [-0.2, 0) is 6.54 Å². The Kier molecular flexibility index (Phi) is 3.31. The van der Waals surface area contributed by atoms with Crippen molar-refractivity contribution in [2.45, 2.75) is 13.5 Å². The molecule has 4 heteroatoms. The number of anilines is 1. The van der Waals surface area contributed by atoms with E-state index in [1.807, 2.05) is 25.1 Å². The summed E-state index contributed by atoms with van der Waals surface area (Å²) in [5, 5.41) is 12.1. The number of nitrogens with zero attached hydrogens (tertiary/aromatic N) is 3. The third-order valence-electron chi connectivity index (χ3n) is 2.44. The normalized spacial score (nSPS) is 9.65. The average molecular weight is 224 g/mol. The zero-order valence-electron chi connectivity index (χ0n) is 9.51. The average Bonchev–Trinajstić information content (AvgIpc) is 2.39. The molecule has 84 valence electrons. The first-order valence-corrected chi connectivity index (χ1v) is 5.29. The van der Waals surface area contributed by atoms with Gasteiger partial charge in [-0.3, -0.25) is 9.97 Å². The van der Waals surface area contributed by atoms with E-state index in [4.69, 9.17) is 5.26 Å². The Morgan fingerprint density at radius 3 is 2.94 bits per heavy atom. The minimum absolute atomic E-state index is 0.601. The van der Waals surface area contributed by atoms with E-state index >= 15 is 0 Å². The van der Waals surface area contributed by atoms with E-state index in [1.165, 1.54) is 0 Å². The predicted octanol–water partition coefficient (Wildman–Crippen LogP) is 2.27. The summed E-state index contributed by atoms with van der Waals surface area (Å²) in [5.74, 6) is 0. The van der Waals surface area contributed by atoms with Crippen molar-refractivity contribution in [2.24, 2.45) is 0 Å². The number of aryl methyl sites for hydroxylation is 1. The lowest BCUT2D eigenvalue weighted by Gasteiger charge is -2.09. The summed E-state index contributed by atoms with van der Waals surface area (Å²) in [5.41, 5.74) is 3.58. The van der Waals surface area contributed by atoms with Gasteiger partial charge in [0.2, 0.25) is 0 Å². The van der Waals surface area contributed by atoms with Crippen LogP contribution in [0.4, 0.5) is 5.69 Å². The van der Waals surface area contributed by atoms with Gasteiger partial charge in [0.25, 0.3) is 0 Å². The molecule has 4 nitrogen and oxygen atoms in total. The summed E-state index contributed by atoms with van der Waals surface area (Å²) in [6.45, 7) is 2.60. The molecule has 0 bridgehead atoms. The molecule has 0 aliphatic carbocycles. The van der Waals surface area contributed by atoms with Crippen LogP contribution in [0.2, 0.25) is 0 Å². The van der Waals surface area contributed by atoms with E-state index in [0.717, 1.165) is 16.9 Å². The van der Waals surface area contributed by atoms with Crippen LogP contribution < -0.4 is 5.32 Å². The maximum Gasteiger partial charge on any atom is 0.0992 e. The highest BCUT2D eigenvalue weighted by atomic mass is 14.9. The standard InChI is InChI=1S/C13H12N4/c1-10-2-3-11(7-14)6-13(10)17-9-12-8-15-4-5-16-12/h2-6,8,17H,9H2,1H3. The highest BCUT2D eigenvalue weighted by Crippen LogP contribution is 2.16. The fourth-order valence-corrected chi connectivity index (χ4v) is 1.49. The van der Waals surface area contributed by atoms with E-state index in [-0.39, 0.29) is 0 Å². The molecule has 2 rings (SSSR count). The largest absolute Gasteiger partial charge is 0.379 e. The van der Waals surface area contributed by atoms with Crippen molar-refractivity contribution in [3.05, 3.63) is 53.6 Å². The second-order valence-electron chi connectivity index (χ2n) is 3.69. The SMILES string of the molecule is Cc1ccc(C#N)cc1NCc1cnccn1. The molecule has 0 amide bonds. The van der Waals surface area contributed by atoms with Crippen LogP contribution in [0.3, 0.4) is 0 Å². The van der Waals surface area contributed by atoms with E-state index < -0.39 is 0 Å². The molecule has 17 heavy (non-hydrogen) atoms. The Morgan fingerprint density at radius 2 is 2.24 bits per heavy atom. The van der Waals surface area contributed by atoms with Crippen molar-refractivity contribution in [2.75, 3.05) is 5.32 Å². The van der Waals surface area contributed by atoms with Crippen LogP contribution in [0.25, 0.3) is 0 Å². The van der Waals surface area contributed by atoms with Gasteiger partial charge in [0, 0.05) is 18.1 Å². The summed E-state index contributed by atoms with van der Waals surface area (Å²) in [4.78, 5) is 8.17. The van der Waals surface area contributed by atoms with Crippen LogP contribution in [0.1, 0.15) is 16.8 Å². The first-order chi connectivity index (χ1) is 8.29. The van der Waals surface area contributed by atoms with Crippen molar-refractivity contribution < 1.29 is 0 Å². The van der Waals surface area contributed by atoms with Gasteiger partial charge in [-0.05, 0) is 24.6 Å². The Bertz CT molecular complexity index is 543. The van der Waals surface area contributed by atoms with Gasteiger partial charge in [0.1, 0.15) is 0 Å². The van der Waals surface area contributed by atoms with Crippen LogP contribution in [0, 0.1) is 18.3 Å². The van der Waals surface area contributed by atoms with Crippen molar-refractivity contribution in [3.63, 3.8) is 0 Å². The van der Waals surface area contributed by atoms with E-state index in [9.17, 15) is 0 Å². The second kappa shape index (κ2) is 5.08. The van der Waals surface area contributed by atoms with Gasteiger partial charge < -0.3 is 5.32 Å². The topological polar surface area (TPSA) is 61.6 Å². The monoisotopic (exact) mass is 224 g/mol. The van der Waals surface area contributed by atoms with Crippen LogP contribution in [-0.4, -0.2) is 9.97 Å². The number of nitrogens with one attached hydrogen (secondary N) is 1. The van der Waals surface area contributed by atoms with E-state index in [0.29, 0.717) is 12.1 Å². The fraction of sp³-hybridized carbons (Fsp3) is 0.154. The predicted molar refractivity (Wildman–Crippen MR) is 65.3 cm³/mol. The Labute approximate surface area is 100.0 Å². The number of aromatic nitrogens is 2. The van der Waals surface area contributed by atoms with Crippen molar-refractivity contribution in [1.82, 2.24) is 9.97 Å². The zero-order chi connectivity index (χ0) is 12.1. The molecule has 0 unspecified atom stereocenters. The minimum atomic E-state index is 0.601. The molecule has 0 fully saturated rings. The first-order valence-electron chi connectivity index (χ1n) is 5.29. The zero-order valence-corrected chi connectivity index (χ0v) is 9.51. The third-order valence-corrected chi connectivity index (χ3v) is 2.44. The lowest BCUT2D eigenvalue weighted by Crippen LogP contribution is -2.03. The quantitative estimate of drug-likeness (QED) is 0.868. The van der Waals surface area contributed by atoms with Gasteiger partial charge >= 0.3 is 0 Å². The fourth-order valence-electron chi connectivity index (χ4n) is 1.49. The molecule has 0 radical (unpaired) electrons. The summed E-state index contributed by atoms with van der Waals surface area (Å²) < 4.78 is 0. The summed E-state index contributed by atoms with van der Waals surface area (Å²) in [6.07, 6.45) is 5.02. The van der Waals surface area contributed by atoms with Gasteiger partial charge in [-0.1, -0.05) is 6.07 Å². The third kappa shape index (κ3) is 2.79. The Balaban J connectivity index is 2.12. The molecule has 1 aromatic carbocycles. The minimum Gasteiger partial charge on any atom is -0.379 e. The van der Waals surface area contributed by atoms with E-state index in [2.05, 4.69) is 21.4 Å². The molecule has 1 aromatic heterocycles. The second-order valence-corrected chi connectivity index (χ2v) is 3.69. The summed E-state index contributed by atoms with van der Waals surface area (Å²) in [6, 6.07) is 7.70. The van der Waals surface area contributed by atoms with E-state index in [1.54, 1.807) is 18.6 Å². The molecule has 1 N–H and O–H groups in total. The molecule has 2 aromatic rings.